The number of fused-ring (bicyclic) bond motifs is 1. The van der Waals surface area contributed by atoms with Crippen LogP contribution < -0.4 is 21.7 Å². The first kappa shape index (κ1) is 23.5. The topological polar surface area (TPSA) is 123 Å². The van der Waals surface area contributed by atoms with Crippen molar-refractivity contribution in [1.82, 2.24) is 9.13 Å². The lowest BCUT2D eigenvalue weighted by molar-refractivity contribution is -0.144. The molecule has 0 aliphatic rings. The summed E-state index contributed by atoms with van der Waals surface area (Å²) in [5.74, 6) is -1.42. The van der Waals surface area contributed by atoms with Crippen molar-refractivity contribution >= 4 is 28.3 Å². The van der Waals surface area contributed by atoms with Crippen molar-refractivity contribution in [2.75, 3.05) is 18.9 Å². The summed E-state index contributed by atoms with van der Waals surface area (Å²) in [7, 11) is 1.26. The van der Waals surface area contributed by atoms with Gasteiger partial charge >= 0.3 is 11.7 Å². The van der Waals surface area contributed by atoms with Crippen LogP contribution in [-0.4, -0.2) is 34.1 Å². The van der Waals surface area contributed by atoms with E-state index in [1.165, 1.54) is 7.05 Å². The summed E-state index contributed by atoms with van der Waals surface area (Å²) in [6.07, 6.45) is 0. The number of rotatable bonds is 8. The second kappa shape index (κ2) is 10.1. The third-order valence-electron chi connectivity index (χ3n) is 5.49. The minimum absolute atomic E-state index is 0.0687. The predicted octanol–water partition coefficient (Wildman–Crippen LogP) is 2.14. The largest absolute Gasteiger partial charge is 0.482 e. The number of aromatic nitrogens is 2. The Hall–Kier alpha value is -4.66. The Morgan fingerprint density at radius 2 is 1.57 bits per heavy atom. The Morgan fingerprint density at radius 1 is 0.886 bits per heavy atom. The molecule has 0 spiro atoms. The molecular formula is C26H23N3O6. The Bertz CT molecular complexity index is 1520. The van der Waals surface area contributed by atoms with Gasteiger partial charge in [0.2, 0.25) is 5.78 Å². The molecule has 178 valence electrons. The number of anilines is 1. The number of hydrogen-bond acceptors (Lipinski definition) is 7. The van der Waals surface area contributed by atoms with Gasteiger partial charge in [-0.2, -0.15) is 0 Å². The van der Waals surface area contributed by atoms with Gasteiger partial charge in [-0.3, -0.25) is 18.7 Å². The molecular weight excluding hydrogens is 450 g/mol. The van der Waals surface area contributed by atoms with E-state index < -0.39 is 41.8 Å². The third-order valence-corrected chi connectivity index (χ3v) is 5.49. The lowest BCUT2D eigenvalue weighted by atomic mass is 10.1. The standard InChI is InChI=1S/C26H23N3O6/c1-28-25(32)23(24(27)29(26(28)33)14-17-7-3-2-4-8-17)21(30)15-35-22(31)16-34-20-12-11-18-9-5-6-10-19(18)13-20/h2-13H,14-16,27H2,1H3. The highest BCUT2D eigenvalue weighted by atomic mass is 16.6. The van der Waals surface area contributed by atoms with Gasteiger partial charge in [0.25, 0.3) is 5.56 Å². The van der Waals surface area contributed by atoms with Crippen LogP contribution in [0.4, 0.5) is 5.82 Å². The number of esters is 1. The van der Waals surface area contributed by atoms with E-state index in [-0.39, 0.29) is 12.4 Å². The maximum Gasteiger partial charge on any atom is 0.344 e. The first-order valence-corrected chi connectivity index (χ1v) is 10.8. The number of carbonyl (C=O) groups excluding carboxylic acids is 2. The van der Waals surface area contributed by atoms with Gasteiger partial charge in [0.15, 0.2) is 13.2 Å². The number of ether oxygens (including phenoxy) is 2. The molecule has 0 saturated heterocycles. The van der Waals surface area contributed by atoms with Gasteiger partial charge in [0.05, 0.1) is 6.54 Å². The van der Waals surface area contributed by atoms with Gasteiger partial charge in [-0.1, -0.05) is 60.7 Å². The highest BCUT2D eigenvalue weighted by Crippen LogP contribution is 2.20. The molecule has 35 heavy (non-hydrogen) atoms. The molecule has 0 aliphatic heterocycles. The molecule has 0 aliphatic carbocycles. The highest BCUT2D eigenvalue weighted by Gasteiger charge is 2.23. The van der Waals surface area contributed by atoms with Crippen LogP contribution in [0, 0.1) is 0 Å². The number of Topliss-reactive ketones (excluding diaryl/α,β-unsaturated/α-hetero) is 1. The molecule has 0 fully saturated rings. The van der Waals surface area contributed by atoms with Gasteiger partial charge < -0.3 is 15.2 Å². The molecule has 0 bridgehead atoms. The van der Waals surface area contributed by atoms with Gasteiger partial charge in [0, 0.05) is 7.05 Å². The lowest BCUT2D eigenvalue weighted by Crippen LogP contribution is -2.43. The molecule has 0 unspecified atom stereocenters. The quantitative estimate of drug-likeness (QED) is 0.307. The van der Waals surface area contributed by atoms with Gasteiger partial charge in [-0.15, -0.1) is 0 Å². The fourth-order valence-electron chi connectivity index (χ4n) is 3.62. The fraction of sp³-hybridized carbons (Fsp3) is 0.154. The van der Waals surface area contributed by atoms with Crippen molar-refractivity contribution in [2.45, 2.75) is 6.54 Å². The second-order valence-corrected chi connectivity index (χ2v) is 7.86. The average Bonchev–Trinajstić information content (AvgIpc) is 2.88. The van der Waals surface area contributed by atoms with Crippen LogP contribution in [0.1, 0.15) is 15.9 Å². The molecule has 0 amide bonds. The smallest absolute Gasteiger partial charge is 0.344 e. The summed E-state index contributed by atoms with van der Waals surface area (Å²) < 4.78 is 12.4. The molecule has 2 N–H and O–H groups in total. The van der Waals surface area contributed by atoms with Crippen LogP contribution >= 0.6 is 0 Å². The Balaban J connectivity index is 1.44. The highest BCUT2D eigenvalue weighted by molar-refractivity contribution is 6.01. The maximum atomic E-state index is 12.8. The van der Waals surface area contributed by atoms with Crippen LogP contribution in [0.2, 0.25) is 0 Å². The van der Waals surface area contributed by atoms with Crippen molar-refractivity contribution in [3.63, 3.8) is 0 Å². The number of benzene rings is 3. The molecule has 0 atom stereocenters. The van der Waals surface area contributed by atoms with Crippen LogP contribution in [0.5, 0.6) is 5.75 Å². The van der Waals surface area contributed by atoms with E-state index in [2.05, 4.69) is 0 Å². The molecule has 9 nitrogen and oxygen atoms in total. The summed E-state index contributed by atoms with van der Waals surface area (Å²) in [6.45, 7) is -1.07. The van der Waals surface area contributed by atoms with E-state index >= 15 is 0 Å². The van der Waals surface area contributed by atoms with Crippen molar-refractivity contribution in [2.24, 2.45) is 7.05 Å². The van der Waals surface area contributed by atoms with E-state index in [0.29, 0.717) is 5.75 Å². The van der Waals surface area contributed by atoms with Crippen LogP contribution in [0.25, 0.3) is 10.8 Å². The van der Waals surface area contributed by atoms with E-state index in [1.54, 1.807) is 36.4 Å². The Labute approximate surface area is 199 Å². The summed E-state index contributed by atoms with van der Waals surface area (Å²) in [6, 6.07) is 22.1. The maximum absolute atomic E-state index is 12.8. The second-order valence-electron chi connectivity index (χ2n) is 7.86. The lowest BCUT2D eigenvalue weighted by Gasteiger charge is -2.15. The molecule has 3 aromatic carbocycles. The number of hydrogen-bond donors (Lipinski definition) is 1. The number of carbonyl (C=O) groups is 2. The molecule has 4 rings (SSSR count). The summed E-state index contributed by atoms with van der Waals surface area (Å²) in [4.78, 5) is 50.1. The zero-order valence-corrected chi connectivity index (χ0v) is 19.0. The fourth-order valence-corrected chi connectivity index (χ4v) is 3.62. The average molecular weight is 473 g/mol. The van der Waals surface area contributed by atoms with Crippen LogP contribution in [-0.2, 0) is 23.1 Å². The monoisotopic (exact) mass is 473 g/mol. The van der Waals surface area contributed by atoms with Crippen molar-refractivity contribution in [3.05, 3.63) is 105 Å². The molecule has 4 aromatic rings. The van der Waals surface area contributed by atoms with Gasteiger partial charge in [0.1, 0.15) is 17.1 Å². The Morgan fingerprint density at radius 3 is 2.31 bits per heavy atom. The van der Waals surface area contributed by atoms with Gasteiger partial charge in [-0.25, -0.2) is 9.59 Å². The number of nitrogen functional groups attached to an aromatic ring is 1. The molecule has 0 radical (unpaired) electrons. The minimum Gasteiger partial charge on any atom is -0.482 e. The van der Waals surface area contributed by atoms with Crippen molar-refractivity contribution in [3.8, 4) is 5.75 Å². The minimum atomic E-state index is -0.856. The molecule has 1 heterocycles. The molecule has 9 heteroatoms. The molecule has 1 aromatic heterocycles. The zero-order chi connectivity index (χ0) is 24.9. The Kier molecular flexibility index (Phi) is 6.77. The van der Waals surface area contributed by atoms with E-state index in [4.69, 9.17) is 15.2 Å². The normalized spacial score (nSPS) is 10.8. The van der Waals surface area contributed by atoms with Crippen LogP contribution in [0.3, 0.4) is 0 Å². The number of ketones is 1. The van der Waals surface area contributed by atoms with Crippen molar-refractivity contribution < 1.29 is 19.1 Å². The molecule has 0 saturated carbocycles. The van der Waals surface area contributed by atoms with E-state index in [9.17, 15) is 19.2 Å². The first-order valence-electron chi connectivity index (χ1n) is 10.8. The predicted molar refractivity (Wildman–Crippen MR) is 131 cm³/mol. The summed E-state index contributed by atoms with van der Waals surface area (Å²) in [5, 5.41) is 1.98. The summed E-state index contributed by atoms with van der Waals surface area (Å²) >= 11 is 0. The van der Waals surface area contributed by atoms with Crippen LogP contribution in [0.15, 0.2) is 82.4 Å². The van der Waals surface area contributed by atoms with Gasteiger partial charge in [-0.05, 0) is 28.5 Å². The first-order chi connectivity index (χ1) is 16.8. The number of nitrogens with zero attached hydrogens (tertiary/aromatic N) is 2. The van der Waals surface area contributed by atoms with E-state index in [0.717, 1.165) is 25.5 Å². The SMILES string of the molecule is Cn1c(=O)c(C(=O)COC(=O)COc2ccc3ccccc3c2)c(N)n(Cc2ccccc2)c1=O. The number of nitrogens with two attached hydrogens (primary N) is 1. The van der Waals surface area contributed by atoms with E-state index in [1.807, 2.05) is 36.4 Å². The summed E-state index contributed by atoms with van der Waals surface area (Å²) in [5.41, 5.74) is 4.89. The zero-order valence-electron chi connectivity index (χ0n) is 19.0. The third kappa shape index (κ3) is 5.14. The van der Waals surface area contributed by atoms with Crippen molar-refractivity contribution in [1.29, 1.82) is 0 Å².